The molecule has 0 spiro atoms. The number of rotatable bonds is 9. The lowest BCUT2D eigenvalue weighted by Crippen LogP contribution is -2.30. The molecule has 0 aliphatic heterocycles. The van der Waals surface area contributed by atoms with Crippen LogP contribution in [0.2, 0.25) is 5.02 Å². The summed E-state index contributed by atoms with van der Waals surface area (Å²) in [6, 6.07) is 12.1. The van der Waals surface area contributed by atoms with E-state index in [9.17, 15) is 4.79 Å². The van der Waals surface area contributed by atoms with Crippen LogP contribution < -0.4 is 10.1 Å². The molecule has 0 aliphatic carbocycles. The van der Waals surface area contributed by atoms with Crippen molar-refractivity contribution in [2.75, 3.05) is 13.2 Å². The van der Waals surface area contributed by atoms with Gasteiger partial charge in [0.2, 0.25) is 5.91 Å². The van der Waals surface area contributed by atoms with Crippen molar-refractivity contribution in [1.82, 2.24) is 14.9 Å². The first-order chi connectivity index (χ1) is 14.4. The number of amides is 1. The zero-order chi connectivity index (χ0) is 21.7. The predicted molar refractivity (Wildman–Crippen MR) is 122 cm³/mol. The van der Waals surface area contributed by atoms with Crippen LogP contribution in [0.1, 0.15) is 37.2 Å². The van der Waals surface area contributed by atoms with Crippen LogP contribution in [0.15, 0.2) is 36.4 Å². The monoisotopic (exact) mass is 427 g/mol. The highest BCUT2D eigenvalue weighted by molar-refractivity contribution is 6.32. The summed E-state index contributed by atoms with van der Waals surface area (Å²) in [5, 5.41) is 3.77. The fraction of sp³-hybridized carbons (Fsp3) is 0.417. The molecule has 3 rings (SSSR count). The summed E-state index contributed by atoms with van der Waals surface area (Å²) in [6.07, 6.45) is 1.55. The van der Waals surface area contributed by atoms with Gasteiger partial charge in [0.05, 0.1) is 17.6 Å². The van der Waals surface area contributed by atoms with Crippen LogP contribution in [0, 0.1) is 19.8 Å². The summed E-state index contributed by atoms with van der Waals surface area (Å²) in [4.78, 5) is 16.6. The molecule has 3 aromatic rings. The average molecular weight is 428 g/mol. The normalized spacial score (nSPS) is 11.3. The van der Waals surface area contributed by atoms with Crippen molar-refractivity contribution < 1.29 is 9.53 Å². The van der Waals surface area contributed by atoms with E-state index >= 15 is 0 Å². The minimum atomic E-state index is -0.0129. The number of benzene rings is 2. The highest BCUT2D eigenvalue weighted by atomic mass is 35.5. The van der Waals surface area contributed by atoms with E-state index in [2.05, 4.69) is 16.0 Å². The van der Waals surface area contributed by atoms with Gasteiger partial charge in [-0.15, -0.1) is 0 Å². The average Bonchev–Trinajstić information content (AvgIpc) is 3.06. The second-order valence-electron chi connectivity index (χ2n) is 7.94. The summed E-state index contributed by atoms with van der Waals surface area (Å²) in [7, 11) is 0. The number of imidazole rings is 1. The molecule has 0 bridgehead atoms. The van der Waals surface area contributed by atoms with Gasteiger partial charge >= 0.3 is 0 Å². The molecule has 1 N–H and O–H groups in total. The lowest BCUT2D eigenvalue weighted by Gasteiger charge is -2.12. The topological polar surface area (TPSA) is 56.1 Å². The molecule has 6 heteroatoms. The number of carbonyl (C=O) groups excluding carboxylic acids is 1. The summed E-state index contributed by atoms with van der Waals surface area (Å²) in [5.74, 6) is 1.89. The molecule has 0 atom stereocenters. The van der Waals surface area contributed by atoms with Crippen molar-refractivity contribution in [2.45, 2.75) is 47.1 Å². The van der Waals surface area contributed by atoms with Gasteiger partial charge in [-0.3, -0.25) is 4.79 Å². The van der Waals surface area contributed by atoms with E-state index in [4.69, 9.17) is 21.3 Å². The van der Waals surface area contributed by atoms with E-state index in [0.717, 1.165) is 51.7 Å². The number of hydrogen-bond donors (Lipinski definition) is 1. The SMILES string of the molecule is Cc1cc(OCCCn2c(CCNC(=O)C(C)C)nc3ccccc32)cc(C)c1Cl. The summed E-state index contributed by atoms with van der Waals surface area (Å²) >= 11 is 6.24. The predicted octanol–water partition coefficient (Wildman–Crippen LogP) is 5.09. The van der Waals surface area contributed by atoms with Crippen LogP contribution in [-0.4, -0.2) is 28.6 Å². The maximum atomic E-state index is 11.8. The van der Waals surface area contributed by atoms with Crippen LogP contribution >= 0.6 is 11.6 Å². The molecule has 0 saturated heterocycles. The number of carbonyl (C=O) groups is 1. The van der Waals surface area contributed by atoms with Gasteiger partial charge in [-0.05, 0) is 55.7 Å². The van der Waals surface area contributed by atoms with Gasteiger partial charge in [0.15, 0.2) is 0 Å². The smallest absolute Gasteiger partial charge is 0.222 e. The van der Waals surface area contributed by atoms with Crippen LogP contribution in [0.4, 0.5) is 0 Å². The molecule has 0 aliphatic rings. The second-order valence-corrected chi connectivity index (χ2v) is 8.32. The number of nitrogens with zero attached hydrogens (tertiary/aromatic N) is 2. The molecule has 1 heterocycles. The van der Waals surface area contributed by atoms with Gasteiger partial charge in [0, 0.05) is 30.5 Å². The first-order valence-corrected chi connectivity index (χ1v) is 10.9. The lowest BCUT2D eigenvalue weighted by atomic mass is 10.1. The fourth-order valence-corrected chi connectivity index (χ4v) is 3.58. The molecule has 1 amide bonds. The van der Waals surface area contributed by atoms with Crippen molar-refractivity contribution in [3.63, 3.8) is 0 Å². The maximum absolute atomic E-state index is 11.8. The Kier molecular flexibility index (Phi) is 7.38. The second kappa shape index (κ2) is 9.98. The quantitative estimate of drug-likeness (QED) is 0.484. The van der Waals surface area contributed by atoms with Crippen LogP contribution in [-0.2, 0) is 17.8 Å². The van der Waals surface area contributed by atoms with Crippen molar-refractivity contribution in [1.29, 1.82) is 0 Å². The minimum Gasteiger partial charge on any atom is -0.494 e. The molecule has 0 fully saturated rings. The molecule has 0 unspecified atom stereocenters. The molecule has 5 nitrogen and oxygen atoms in total. The molecule has 30 heavy (non-hydrogen) atoms. The Labute approximate surface area is 183 Å². The number of halogens is 1. The fourth-order valence-electron chi connectivity index (χ4n) is 3.47. The van der Waals surface area contributed by atoms with Gasteiger partial charge in [-0.1, -0.05) is 37.6 Å². The molecule has 2 aromatic carbocycles. The third kappa shape index (κ3) is 5.33. The molecule has 1 aromatic heterocycles. The van der Waals surface area contributed by atoms with Gasteiger partial charge in [-0.2, -0.15) is 0 Å². The summed E-state index contributed by atoms with van der Waals surface area (Å²) < 4.78 is 8.20. The Balaban J connectivity index is 1.63. The van der Waals surface area contributed by atoms with Crippen LogP contribution in [0.3, 0.4) is 0 Å². The first kappa shape index (κ1) is 22.2. The van der Waals surface area contributed by atoms with E-state index in [0.29, 0.717) is 19.6 Å². The van der Waals surface area contributed by atoms with E-state index in [1.165, 1.54) is 0 Å². The van der Waals surface area contributed by atoms with Crippen molar-refractivity contribution in [2.24, 2.45) is 5.92 Å². The van der Waals surface area contributed by atoms with E-state index in [1.807, 2.05) is 58.0 Å². The van der Waals surface area contributed by atoms with Gasteiger partial charge in [0.25, 0.3) is 0 Å². The maximum Gasteiger partial charge on any atom is 0.222 e. The number of fused-ring (bicyclic) bond motifs is 1. The Morgan fingerprint density at radius 3 is 2.60 bits per heavy atom. The number of para-hydroxylation sites is 2. The van der Waals surface area contributed by atoms with Gasteiger partial charge < -0.3 is 14.6 Å². The molecule has 160 valence electrons. The van der Waals surface area contributed by atoms with Crippen molar-refractivity contribution in [3.8, 4) is 5.75 Å². The number of aromatic nitrogens is 2. The number of hydrogen-bond acceptors (Lipinski definition) is 3. The minimum absolute atomic E-state index is 0.0129. The standard InChI is InChI=1S/C24H30ClN3O2/c1-16(2)24(29)26-11-10-22-27-20-8-5-6-9-21(20)28(22)12-7-13-30-19-14-17(3)23(25)18(4)15-19/h5-6,8-9,14-16H,7,10-13H2,1-4H3,(H,26,29). The zero-order valence-electron chi connectivity index (χ0n) is 18.2. The lowest BCUT2D eigenvalue weighted by molar-refractivity contribution is -0.123. The first-order valence-electron chi connectivity index (χ1n) is 10.5. The molecular weight excluding hydrogens is 398 g/mol. The Morgan fingerprint density at radius 2 is 1.90 bits per heavy atom. The van der Waals surface area contributed by atoms with E-state index < -0.39 is 0 Å². The Hall–Kier alpha value is -2.53. The van der Waals surface area contributed by atoms with E-state index in [1.54, 1.807) is 0 Å². The number of nitrogens with one attached hydrogen (secondary N) is 1. The summed E-state index contributed by atoms with van der Waals surface area (Å²) in [5.41, 5.74) is 4.14. The Morgan fingerprint density at radius 1 is 1.20 bits per heavy atom. The van der Waals surface area contributed by atoms with Crippen molar-refractivity contribution >= 4 is 28.5 Å². The Bertz CT molecular complexity index is 1000. The van der Waals surface area contributed by atoms with E-state index in [-0.39, 0.29) is 11.8 Å². The van der Waals surface area contributed by atoms with Gasteiger partial charge in [-0.25, -0.2) is 4.98 Å². The van der Waals surface area contributed by atoms with Crippen molar-refractivity contribution in [3.05, 3.63) is 58.4 Å². The molecule has 0 radical (unpaired) electrons. The van der Waals surface area contributed by atoms with Gasteiger partial charge in [0.1, 0.15) is 11.6 Å². The molecular formula is C24H30ClN3O2. The number of aryl methyl sites for hydroxylation is 3. The van der Waals surface area contributed by atoms with Crippen LogP contribution in [0.25, 0.3) is 11.0 Å². The largest absolute Gasteiger partial charge is 0.494 e. The highest BCUT2D eigenvalue weighted by Gasteiger charge is 2.12. The highest BCUT2D eigenvalue weighted by Crippen LogP contribution is 2.26. The molecule has 0 saturated carbocycles. The summed E-state index contributed by atoms with van der Waals surface area (Å²) in [6.45, 7) is 9.77. The number of ether oxygens (including phenoxy) is 1. The van der Waals surface area contributed by atoms with Crippen LogP contribution in [0.5, 0.6) is 5.75 Å². The third-order valence-corrected chi connectivity index (χ3v) is 5.71. The zero-order valence-corrected chi connectivity index (χ0v) is 18.9. The third-order valence-electron chi connectivity index (χ3n) is 5.11.